The van der Waals surface area contributed by atoms with Crippen molar-refractivity contribution >= 4 is 52.1 Å². The van der Waals surface area contributed by atoms with Gasteiger partial charge in [0.25, 0.3) is 16.4 Å². The van der Waals surface area contributed by atoms with E-state index in [2.05, 4.69) is 5.32 Å². The number of allylic oxidation sites excluding steroid dienone is 1. The number of nitrogens with one attached hydrogen (secondary N) is 1. The van der Waals surface area contributed by atoms with Crippen molar-refractivity contribution < 1.29 is 14.0 Å². The van der Waals surface area contributed by atoms with Crippen molar-refractivity contribution in [2.45, 2.75) is 4.59 Å². The number of rotatable bonds is 1. The molecule has 0 saturated heterocycles. The molecule has 0 aromatic heterocycles. The molecule has 1 aliphatic heterocycles. The molecule has 1 N–H and O–H groups in total. The topological polar surface area (TPSA) is 46.2 Å². The van der Waals surface area contributed by atoms with Gasteiger partial charge in [0.1, 0.15) is 0 Å². The first kappa shape index (κ1) is 11.7. The molecule has 0 spiro atoms. The fourth-order valence-electron chi connectivity index (χ4n) is 1.57. The van der Waals surface area contributed by atoms with E-state index in [1.54, 1.807) is 0 Å². The zero-order chi connectivity index (χ0) is 12.1. The molecule has 2 rings (SSSR count). The van der Waals surface area contributed by atoms with Gasteiger partial charge in [-0.1, -0.05) is 47.6 Å². The Balaban J connectivity index is 2.46. The van der Waals surface area contributed by atoms with Crippen LogP contribution in [0.15, 0.2) is 23.3 Å². The molecule has 1 heterocycles. The number of carbonyl (C=O) groups excluding carboxylic acids is 2. The van der Waals surface area contributed by atoms with Gasteiger partial charge in [0.2, 0.25) is 0 Å². The monoisotopic (exact) mass is 279 g/mol. The van der Waals surface area contributed by atoms with Crippen LogP contribution in [0.5, 0.6) is 0 Å². The third-order valence-electron chi connectivity index (χ3n) is 2.30. The summed E-state index contributed by atoms with van der Waals surface area (Å²) in [6.45, 7) is 0. The average molecular weight is 280 g/mol. The van der Waals surface area contributed by atoms with E-state index in [0.717, 1.165) is 0 Å². The molecule has 1 unspecified atom stereocenters. The van der Waals surface area contributed by atoms with Gasteiger partial charge in [0.05, 0.1) is 17.1 Å². The van der Waals surface area contributed by atoms with E-state index in [1.807, 2.05) is 0 Å². The van der Waals surface area contributed by atoms with Crippen molar-refractivity contribution in [3.05, 3.63) is 23.3 Å². The maximum Gasteiger partial charge on any atom is 0.268 e. The Kier molecular flexibility index (Phi) is 2.64. The quantitative estimate of drug-likeness (QED) is 0.451. The fourth-order valence-corrected chi connectivity index (χ4v) is 2.50. The Labute approximate surface area is 105 Å². The van der Waals surface area contributed by atoms with Gasteiger partial charge in [-0.2, -0.15) is 0 Å². The van der Waals surface area contributed by atoms with Crippen LogP contribution < -0.4 is 5.32 Å². The number of imide groups is 1. The van der Waals surface area contributed by atoms with E-state index in [-0.39, 0.29) is 16.0 Å². The highest BCUT2D eigenvalue weighted by atomic mass is 35.5. The molecule has 0 bridgehead atoms. The molecule has 1 atom stereocenters. The molecule has 2 aliphatic rings. The summed E-state index contributed by atoms with van der Waals surface area (Å²) in [6.07, 6.45) is 2.58. The molecule has 0 saturated carbocycles. The van der Waals surface area contributed by atoms with Gasteiger partial charge in [0, 0.05) is 4.86 Å². The summed E-state index contributed by atoms with van der Waals surface area (Å²) < 4.78 is 10.8. The Bertz CT molecular complexity index is 478. The Morgan fingerprint density at radius 3 is 2.56 bits per heavy atom. The molecule has 0 radical (unpaired) electrons. The zero-order valence-electron chi connectivity index (χ0n) is 7.59. The highest BCUT2D eigenvalue weighted by Gasteiger charge is 2.44. The number of carbonyl (C=O) groups is 2. The molecular weight excluding hydrogens is 276 g/mol. The van der Waals surface area contributed by atoms with E-state index in [9.17, 15) is 14.0 Å². The SMILES string of the molecule is O=C1NC(=O)C2=C1C=CC(C(F)(Cl)Cl)C2=S. The molecule has 0 aromatic rings. The number of halogens is 3. The van der Waals surface area contributed by atoms with Gasteiger partial charge >= 0.3 is 0 Å². The Hall–Kier alpha value is -0.780. The number of hydrogen-bond acceptors (Lipinski definition) is 3. The summed E-state index contributed by atoms with van der Waals surface area (Å²) in [5, 5.41) is 2.06. The van der Waals surface area contributed by atoms with Gasteiger partial charge in [-0.3, -0.25) is 14.9 Å². The van der Waals surface area contributed by atoms with Crippen molar-refractivity contribution in [1.29, 1.82) is 0 Å². The minimum atomic E-state index is -2.60. The van der Waals surface area contributed by atoms with Crippen LogP contribution in [-0.4, -0.2) is 21.3 Å². The highest BCUT2D eigenvalue weighted by Crippen LogP contribution is 2.39. The molecule has 2 amide bonds. The van der Waals surface area contributed by atoms with Crippen LogP contribution >= 0.6 is 35.4 Å². The lowest BCUT2D eigenvalue weighted by atomic mass is 9.91. The molecule has 0 aromatic carbocycles. The van der Waals surface area contributed by atoms with E-state index >= 15 is 0 Å². The summed E-state index contributed by atoms with van der Waals surface area (Å²) in [7, 11) is 0. The number of amides is 2. The smallest absolute Gasteiger partial charge is 0.268 e. The second-order valence-corrected chi connectivity index (χ2v) is 5.05. The number of hydrogen-bond donors (Lipinski definition) is 1. The lowest BCUT2D eigenvalue weighted by Gasteiger charge is -2.23. The second-order valence-electron chi connectivity index (χ2n) is 3.31. The lowest BCUT2D eigenvalue weighted by Crippen LogP contribution is -2.31. The van der Waals surface area contributed by atoms with Crippen molar-refractivity contribution in [2.24, 2.45) is 5.92 Å². The maximum absolute atomic E-state index is 13.4. The molecule has 1 aliphatic carbocycles. The van der Waals surface area contributed by atoms with Crippen molar-refractivity contribution in [3.63, 3.8) is 0 Å². The van der Waals surface area contributed by atoms with Crippen LogP contribution in [0.4, 0.5) is 4.39 Å². The second kappa shape index (κ2) is 3.61. The third-order valence-corrected chi connectivity index (χ3v) is 3.23. The molecule has 84 valence electrons. The standard InChI is InChI=1S/C9H4Cl2FNO2S/c10-9(11,12)4-2-1-3-5(6(4)16)8(15)13-7(3)14/h1-2,4H,(H,13,14,15). The minimum Gasteiger partial charge on any atom is -0.288 e. The van der Waals surface area contributed by atoms with Crippen molar-refractivity contribution in [1.82, 2.24) is 5.32 Å². The van der Waals surface area contributed by atoms with Crippen LogP contribution in [0, 0.1) is 5.92 Å². The first-order valence-corrected chi connectivity index (χ1v) is 5.38. The van der Waals surface area contributed by atoms with E-state index in [1.165, 1.54) is 12.2 Å². The first-order chi connectivity index (χ1) is 7.32. The Morgan fingerprint density at radius 1 is 1.38 bits per heavy atom. The van der Waals surface area contributed by atoms with E-state index in [0.29, 0.717) is 0 Å². The fraction of sp³-hybridized carbons (Fsp3) is 0.222. The predicted molar refractivity (Wildman–Crippen MR) is 60.9 cm³/mol. The van der Waals surface area contributed by atoms with Gasteiger partial charge in [-0.25, -0.2) is 4.39 Å². The molecule has 7 heteroatoms. The van der Waals surface area contributed by atoms with Crippen LogP contribution in [-0.2, 0) is 9.59 Å². The van der Waals surface area contributed by atoms with Crippen molar-refractivity contribution in [3.8, 4) is 0 Å². The largest absolute Gasteiger partial charge is 0.288 e. The van der Waals surface area contributed by atoms with E-state index < -0.39 is 22.3 Å². The summed E-state index contributed by atoms with van der Waals surface area (Å²) in [5.74, 6) is -2.30. The van der Waals surface area contributed by atoms with Crippen LogP contribution in [0.1, 0.15) is 0 Å². The summed E-state index contributed by atoms with van der Waals surface area (Å²) in [4.78, 5) is 22.6. The molecule has 0 fully saturated rings. The lowest BCUT2D eigenvalue weighted by molar-refractivity contribution is -0.123. The van der Waals surface area contributed by atoms with E-state index in [4.69, 9.17) is 35.4 Å². The molecule has 16 heavy (non-hydrogen) atoms. The summed E-state index contributed by atoms with van der Waals surface area (Å²) in [5.41, 5.74) is 0.111. The highest BCUT2D eigenvalue weighted by molar-refractivity contribution is 7.81. The van der Waals surface area contributed by atoms with Crippen LogP contribution in [0.25, 0.3) is 0 Å². The normalized spacial score (nSPS) is 24.9. The predicted octanol–water partition coefficient (Wildman–Crippen LogP) is 1.60. The zero-order valence-corrected chi connectivity index (χ0v) is 9.92. The molecular formula is C9H4Cl2FNO2S. The van der Waals surface area contributed by atoms with Gasteiger partial charge in [-0.15, -0.1) is 0 Å². The number of alkyl halides is 3. The van der Waals surface area contributed by atoms with Crippen LogP contribution in [0.2, 0.25) is 0 Å². The summed E-state index contributed by atoms with van der Waals surface area (Å²) in [6, 6.07) is 0. The minimum absolute atomic E-state index is 0.0178. The summed E-state index contributed by atoms with van der Waals surface area (Å²) >= 11 is 15.5. The van der Waals surface area contributed by atoms with Gasteiger partial charge in [-0.05, 0) is 0 Å². The average Bonchev–Trinajstić information content (AvgIpc) is 2.41. The third kappa shape index (κ3) is 1.69. The number of thiocarbonyl (C=S) groups is 1. The maximum atomic E-state index is 13.4. The molecule has 3 nitrogen and oxygen atoms in total. The van der Waals surface area contributed by atoms with Gasteiger partial charge < -0.3 is 0 Å². The van der Waals surface area contributed by atoms with Crippen molar-refractivity contribution in [2.75, 3.05) is 0 Å². The van der Waals surface area contributed by atoms with Gasteiger partial charge in [0.15, 0.2) is 0 Å². The Morgan fingerprint density at radius 2 is 2.00 bits per heavy atom. The van der Waals surface area contributed by atoms with Crippen LogP contribution in [0.3, 0.4) is 0 Å². The first-order valence-electron chi connectivity index (χ1n) is 4.21.